The van der Waals surface area contributed by atoms with Crippen LogP contribution in [-0.4, -0.2) is 30.1 Å². The number of aryl methyl sites for hydroxylation is 1. The summed E-state index contributed by atoms with van der Waals surface area (Å²) in [5.41, 5.74) is 1.53. The van der Waals surface area contributed by atoms with E-state index in [-0.39, 0.29) is 25.0 Å². The molecule has 2 aliphatic heterocycles. The van der Waals surface area contributed by atoms with Crippen molar-refractivity contribution in [2.24, 2.45) is 5.92 Å². The van der Waals surface area contributed by atoms with Crippen LogP contribution in [-0.2, 0) is 9.59 Å². The van der Waals surface area contributed by atoms with Crippen molar-refractivity contribution in [3.8, 4) is 11.5 Å². The smallest absolute Gasteiger partial charge is 0.231 e. The molecule has 4 rings (SSSR count). The van der Waals surface area contributed by atoms with E-state index in [0.29, 0.717) is 29.5 Å². The predicted molar refractivity (Wildman–Crippen MR) is 90.6 cm³/mol. The van der Waals surface area contributed by atoms with Crippen molar-refractivity contribution < 1.29 is 19.1 Å². The Morgan fingerprint density at radius 1 is 1.24 bits per heavy atom. The molecule has 0 bridgehead atoms. The second kappa shape index (κ2) is 6.08. The number of carbonyl (C=O) groups is 2. The molecular formula is C18H17N3O4. The highest BCUT2D eigenvalue weighted by molar-refractivity contribution is 6.03. The average molecular weight is 339 g/mol. The fourth-order valence-electron chi connectivity index (χ4n) is 3.03. The number of anilines is 2. The molecule has 0 spiro atoms. The third-order valence-electron chi connectivity index (χ3n) is 4.30. The lowest BCUT2D eigenvalue weighted by Gasteiger charge is -2.17. The molecule has 1 aromatic carbocycles. The number of rotatable bonds is 3. The van der Waals surface area contributed by atoms with Crippen molar-refractivity contribution in [1.82, 2.24) is 4.98 Å². The normalized spacial score (nSPS) is 18.5. The molecule has 1 saturated heterocycles. The Morgan fingerprint density at radius 3 is 2.92 bits per heavy atom. The van der Waals surface area contributed by atoms with Gasteiger partial charge in [-0.1, -0.05) is 6.07 Å². The summed E-state index contributed by atoms with van der Waals surface area (Å²) in [5.74, 6) is 1.07. The molecule has 7 heteroatoms. The van der Waals surface area contributed by atoms with E-state index < -0.39 is 5.92 Å². The Balaban J connectivity index is 1.47. The largest absolute Gasteiger partial charge is 0.454 e. The van der Waals surface area contributed by atoms with E-state index in [4.69, 9.17) is 9.47 Å². The van der Waals surface area contributed by atoms with Crippen LogP contribution in [0.1, 0.15) is 12.1 Å². The Kier molecular flexibility index (Phi) is 3.76. The molecule has 1 atom stereocenters. The summed E-state index contributed by atoms with van der Waals surface area (Å²) in [4.78, 5) is 30.7. The number of carbonyl (C=O) groups excluding carboxylic acids is 2. The number of hydrogen-bond acceptors (Lipinski definition) is 5. The van der Waals surface area contributed by atoms with E-state index in [0.717, 1.165) is 5.69 Å². The Morgan fingerprint density at radius 2 is 2.08 bits per heavy atom. The van der Waals surface area contributed by atoms with E-state index >= 15 is 0 Å². The number of benzene rings is 1. The summed E-state index contributed by atoms with van der Waals surface area (Å²) >= 11 is 0. The number of nitrogens with zero attached hydrogens (tertiary/aromatic N) is 2. The van der Waals surface area contributed by atoms with Crippen LogP contribution in [0.2, 0.25) is 0 Å². The van der Waals surface area contributed by atoms with Crippen LogP contribution in [0.5, 0.6) is 11.5 Å². The van der Waals surface area contributed by atoms with Gasteiger partial charge >= 0.3 is 0 Å². The molecule has 7 nitrogen and oxygen atoms in total. The van der Waals surface area contributed by atoms with E-state index in [1.807, 2.05) is 19.1 Å². The molecule has 3 heterocycles. The van der Waals surface area contributed by atoms with Crippen molar-refractivity contribution >= 4 is 23.3 Å². The van der Waals surface area contributed by atoms with E-state index in [9.17, 15) is 9.59 Å². The molecule has 1 aromatic heterocycles. The molecule has 2 aliphatic rings. The first kappa shape index (κ1) is 15.4. The van der Waals surface area contributed by atoms with Gasteiger partial charge in [-0.05, 0) is 31.2 Å². The number of aromatic nitrogens is 1. The van der Waals surface area contributed by atoms with Gasteiger partial charge in [-0.3, -0.25) is 9.59 Å². The molecule has 1 fully saturated rings. The van der Waals surface area contributed by atoms with Crippen LogP contribution in [0, 0.1) is 12.8 Å². The van der Waals surface area contributed by atoms with Crippen LogP contribution in [0.3, 0.4) is 0 Å². The Bertz CT molecular complexity index is 852. The topological polar surface area (TPSA) is 80.8 Å². The number of fused-ring (bicyclic) bond motifs is 1. The minimum atomic E-state index is -0.416. The van der Waals surface area contributed by atoms with Crippen LogP contribution >= 0.6 is 0 Å². The van der Waals surface area contributed by atoms with Gasteiger partial charge in [0.25, 0.3) is 0 Å². The second-order valence-electron chi connectivity index (χ2n) is 6.10. The maximum absolute atomic E-state index is 12.5. The number of amides is 2. The van der Waals surface area contributed by atoms with E-state index in [2.05, 4.69) is 10.3 Å². The van der Waals surface area contributed by atoms with Gasteiger partial charge in [-0.25, -0.2) is 4.98 Å². The molecule has 0 saturated carbocycles. The first-order valence-electron chi connectivity index (χ1n) is 8.05. The highest BCUT2D eigenvalue weighted by Crippen LogP contribution is 2.37. The zero-order valence-corrected chi connectivity index (χ0v) is 13.7. The maximum atomic E-state index is 12.5. The van der Waals surface area contributed by atoms with Gasteiger partial charge in [0.1, 0.15) is 5.82 Å². The monoisotopic (exact) mass is 339 g/mol. The molecular weight excluding hydrogens is 322 g/mol. The number of hydrogen-bond donors (Lipinski definition) is 1. The predicted octanol–water partition coefficient (Wildman–Crippen LogP) is 2.11. The van der Waals surface area contributed by atoms with Crippen molar-refractivity contribution in [3.63, 3.8) is 0 Å². The second-order valence-corrected chi connectivity index (χ2v) is 6.10. The van der Waals surface area contributed by atoms with Gasteiger partial charge in [-0.15, -0.1) is 0 Å². The minimum absolute atomic E-state index is 0.0868. The summed E-state index contributed by atoms with van der Waals surface area (Å²) in [6.45, 7) is 2.37. The van der Waals surface area contributed by atoms with Crippen LogP contribution in [0.15, 0.2) is 36.4 Å². The summed E-state index contributed by atoms with van der Waals surface area (Å²) < 4.78 is 10.6. The molecule has 1 N–H and O–H groups in total. The minimum Gasteiger partial charge on any atom is -0.454 e. The maximum Gasteiger partial charge on any atom is 0.231 e. The standard InChI is InChI=1S/C18H17N3O4/c1-11-3-2-4-16(19-11)20-18(23)12-7-17(22)21(9-12)13-5-6-14-15(8-13)25-10-24-14/h2-6,8,12H,7,9-10H2,1H3,(H,19,20,23). The summed E-state index contributed by atoms with van der Waals surface area (Å²) in [6, 6.07) is 10.8. The molecule has 2 aromatic rings. The van der Waals surface area contributed by atoms with Crippen LogP contribution in [0.4, 0.5) is 11.5 Å². The van der Waals surface area contributed by atoms with Crippen LogP contribution in [0.25, 0.3) is 0 Å². The van der Waals surface area contributed by atoms with Gasteiger partial charge in [0.2, 0.25) is 18.6 Å². The third-order valence-corrected chi connectivity index (χ3v) is 4.30. The number of nitrogens with one attached hydrogen (secondary N) is 1. The summed E-state index contributed by atoms with van der Waals surface area (Å²) in [5, 5.41) is 2.79. The molecule has 0 aliphatic carbocycles. The third kappa shape index (κ3) is 3.00. The SMILES string of the molecule is Cc1cccc(NC(=O)C2CC(=O)N(c3ccc4c(c3)OCO4)C2)n1. The zero-order valence-electron chi connectivity index (χ0n) is 13.7. The van der Waals surface area contributed by atoms with Gasteiger partial charge < -0.3 is 19.7 Å². The molecule has 128 valence electrons. The van der Waals surface area contributed by atoms with Gasteiger partial charge in [0, 0.05) is 30.4 Å². The lowest BCUT2D eigenvalue weighted by molar-refractivity contribution is -0.122. The lowest BCUT2D eigenvalue weighted by Crippen LogP contribution is -2.28. The zero-order chi connectivity index (χ0) is 17.4. The van der Waals surface area contributed by atoms with Gasteiger partial charge in [0.05, 0.1) is 5.92 Å². The Hall–Kier alpha value is -3.09. The van der Waals surface area contributed by atoms with Gasteiger partial charge in [0.15, 0.2) is 11.5 Å². The van der Waals surface area contributed by atoms with Gasteiger partial charge in [-0.2, -0.15) is 0 Å². The van der Waals surface area contributed by atoms with Crippen molar-refractivity contribution in [3.05, 3.63) is 42.1 Å². The quantitative estimate of drug-likeness (QED) is 0.926. The number of pyridine rings is 1. The lowest BCUT2D eigenvalue weighted by atomic mass is 10.1. The fraction of sp³-hybridized carbons (Fsp3) is 0.278. The molecule has 0 radical (unpaired) electrons. The van der Waals surface area contributed by atoms with Crippen LogP contribution < -0.4 is 19.7 Å². The highest BCUT2D eigenvalue weighted by atomic mass is 16.7. The van der Waals surface area contributed by atoms with E-state index in [1.54, 1.807) is 29.2 Å². The van der Waals surface area contributed by atoms with Crippen molar-refractivity contribution in [2.45, 2.75) is 13.3 Å². The Labute approximate surface area is 144 Å². The fourth-order valence-corrected chi connectivity index (χ4v) is 3.03. The molecule has 2 amide bonds. The number of ether oxygens (including phenoxy) is 2. The summed E-state index contributed by atoms with van der Waals surface area (Å²) in [7, 11) is 0. The highest BCUT2D eigenvalue weighted by Gasteiger charge is 2.35. The first-order chi connectivity index (χ1) is 12.1. The average Bonchev–Trinajstić information content (AvgIpc) is 3.20. The van der Waals surface area contributed by atoms with E-state index in [1.165, 1.54) is 0 Å². The molecule has 1 unspecified atom stereocenters. The van der Waals surface area contributed by atoms with Crippen molar-refractivity contribution in [2.75, 3.05) is 23.6 Å². The molecule has 25 heavy (non-hydrogen) atoms. The summed E-state index contributed by atoms with van der Waals surface area (Å²) in [6.07, 6.45) is 0.173. The first-order valence-corrected chi connectivity index (χ1v) is 8.05. The van der Waals surface area contributed by atoms with Crippen molar-refractivity contribution in [1.29, 1.82) is 0 Å².